The number of aryl methyl sites for hydroxylation is 1. The molecule has 0 amide bonds. The molecule has 0 saturated carbocycles. The number of methoxy groups -OCH3 is 1. The van der Waals surface area contributed by atoms with E-state index in [9.17, 15) is 38.9 Å². The molecular formula is C57H76N2O19SSi. The lowest BCUT2D eigenvalue weighted by atomic mass is 9.71. The van der Waals surface area contributed by atoms with E-state index in [1.807, 2.05) is 38.1 Å². The van der Waals surface area contributed by atoms with Crippen LogP contribution in [-0.2, 0) is 77.7 Å². The van der Waals surface area contributed by atoms with E-state index < -0.39 is 128 Å². The number of esters is 5. The monoisotopic (exact) mass is 1150 g/mol. The average molecular weight is 1150 g/mol. The molecule has 80 heavy (non-hydrogen) atoms. The summed E-state index contributed by atoms with van der Waals surface area (Å²) < 4.78 is 59.3. The number of nitrogens with zero attached hydrogens (tertiary/aromatic N) is 2. The molecule has 438 valence electrons. The Morgan fingerprint density at radius 2 is 1.59 bits per heavy atom. The average Bonchev–Trinajstić information content (AvgIpc) is 3.91. The molecule has 2 aliphatic heterocycles. The maximum atomic E-state index is 15.5. The predicted octanol–water partition coefficient (Wildman–Crippen LogP) is 10.6. The van der Waals surface area contributed by atoms with Crippen LogP contribution in [-0.4, -0.2) is 110 Å². The van der Waals surface area contributed by atoms with E-state index in [-0.39, 0.29) is 34.5 Å². The van der Waals surface area contributed by atoms with Crippen LogP contribution in [0.5, 0.6) is 5.75 Å². The highest BCUT2D eigenvalue weighted by Crippen LogP contribution is 2.44. The van der Waals surface area contributed by atoms with E-state index in [4.69, 9.17) is 47.1 Å². The number of carbonyl (C=O) groups excluding carboxylic acids is 7. The van der Waals surface area contributed by atoms with Crippen LogP contribution >= 0.6 is 11.3 Å². The van der Waals surface area contributed by atoms with Gasteiger partial charge in [-0.15, -0.1) is 17.9 Å². The Balaban J connectivity index is 1.57. The summed E-state index contributed by atoms with van der Waals surface area (Å²) in [6.45, 7) is 25.9. The lowest BCUT2D eigenvalue weighted by Gasteiger charge is -2.45. The van der Waals surface area contributed by atoms with E-state index >= 15 is 4.79 Å². The van der Waals surface area contributed by atoms with E-state index in [1.165, 1.54) is 11.3 Å². The number of fused-ring (bicyclic) bond motifs is 1. The van der Waals surface area contributed by atoms with Gasteiger partial charge in [0.05, 0.1) is 45.2 Å². The molecule has 0 bridgehead atoms. The molecule has 5 rings (SSSR count). The SMILES string of the molecule is C=CC[C@H]1C(=O)C(C)(C)[C@@H](OC(=O)OCc2cc([N+](=O)[O-])ccc2O[C@@H]2O[C@H](C(=O)OC)[C@@H](OC(C)=O)[C@H](OC(C)=O)[C@H]2OC(C)=O)CC(=O)O[C@H](c2ccc3sc(C)nc3c2)CC=C(C)CCC[C@H](C)[C@@H]1O[Si](C)(C)C(C)(C)C. The van der Waals surface area contributed by atoms with Crippen molar-refractivity contribution in [3.63, 3.8) is 0 Å². The van der Waals surface area contributed by atoms with Gasteiger partial charge in [-0.3, -0.25) is 34.1 Å². The Bertz CT molecular complexity index is 2820. The number of rotatable bonds is 15. The van der Waals surface area contributed by atoms with Crippen molar-refractivity contribution in [2.24, 2.45) is 17.3 Å². The van der Waals surface area contributed by atoms with E-state index in [0.29, 0.717) is 18.4 Å². The molecule has 0 radical (unpaired) electrons. The molecule has 2 aliphatic rings. The number of hydrogen-bond acceptors (Lipinski definition) is 21. The highest BCUT2D eigenvalue weighted by Gasteiger charge is 2.56. The maximum absolute atomic E-state index is 15.5. The fourth-order valence-electron chi connectivity index (χ4n) is 9.40. The molecule has 0 unspecified atom stereocenters. The summed E-state index contributed by atoms with van der Waals surface area (Å²) in [7, 11) is -1.56. The smallest absolute Gasteiger partial charge is 0.467 e. The van der Waals surface area contributed by atoms with Crippen LogP contribution in [0.3, 0.4) is 0 Å². The lowest BCUT2D eigenvalue weighted by molar-refractivity contribution is -0.385. The van der Waals surface area contributed by atoms with Crippen LogP contribution in [0.4, 0.5) is 10.5 Å². The minimum absolute atomic E-state index is 0.131. The number of nitro groups is 1. The number of non-ortho nitro benzene ring substituents is 1. The maximum Gasteiger partial charge on any atom is 0.508 e. The number of carbonyl (C=O) groups is 7. The van der Waals surface area contributed by atoms with Crippen LogP contribution in [0.1, 0.15) is 130 Å². The molecule has 0 aliphatic carbocycles. The van der Waals surface area contributed by atoms with Gasteiger partial charge in [0.15, 0.2) is 26.6 Å². The molecule has 1 aromatic heterocycles. The van der Waals surface area contributed by atoms with Crippen molar-refractivity contribution in [2.45, 2.75) is 188 Å². The van der Waals surface area contributed by atoms with Crippen molar-refractivity contribution in [3.8, 4) is 5.75 Å². The number of ketones is 1. The highest BCUT2D eigenvalue weighted by molar-refractivity contribution is 7.18. The minimum Gasteiger partial charge on any atom is -0.467 e. The molecule has 21 nitrogen and oxygen atoms in total. The molecule has 1 fully saturated rings. The van der Waals surface area contributed by atoms with E-state index in [0.717, 1.165) is 79.7 Å². The quantitative estimate of drug-likeness (QED) is 0.0342. The van der Waals surface area contributed by atoms with Crippen LogP contribution < -0.4 is 4.74 Å². The van der Waals surface area contributed by atoms with Gasteiger partial charge < -0.3 is 47.1 Å². The van der Waals surface area contributed by atoms with Crippen molar-refractivity contribution in [1.82, 2.24) is 4.98 Å². The number of hydrogen-bond donors (Lipinski definition) is 0. The van der Waals surface area contributed by atoms with Crippen molar-refractivity contribution in [2.75, 3.05) is 7.11 Å². The lowest BCUT2D eigenvalue weighted by Crippen LogP contribution is -2.64. The van der Waals surface area contributed by atoms with Gasteiger partial charge in [-0.25, -0.2) is 14.6 Å². The van der Waals surface area contributed by atoms with Crippen LogP contribution in [0.2, 0.25) is 18.1 Å². The highest BCUT2D eigenvalue weighted by atomic mass is 32.1. The first-order chi connectivity index (χ1) is 37.4. The van der Waals surface area contributed by atoms with Gasteiger partial charge in [0.25, 0.3) is 5.69 Å². The number of thiazole rings is 1. The number of cyclic esters (lactones) is 1. The summed E-state index contributed by atoms with van der Waals surface area (Å²) in [5.74, 6) is -6.39. The second kappa shape index (κ2) is 27.3. The number of ether oxygens (including phenoxy) is 9. The summed E-state index contributed by atoms with van der Waals surface area (Å²) in [6, 6.07) is 8.80. The fourth-order valence-corrected chi connectivity index (χ4v) is 11.6. The molecule has 10 atom stereocenters. The first-order valence-corrected chi connectivity index (χ1v) is 30.2. The second-order valence-electron chi connectivity index (χ2n) is 22.3. The number of Topliss-reactive ketones (excluding diaryl/α,β-unsaturated/α-hetero) is 1. The van der Waals surface area contributed by atoms with Crippen LogP contribution in [0.25, 0.3) is 10.2 Å². The molecule has 1 saturated heterocycles. The van der Waals surface area contributed by atoms with Gasteiger partial charge in [0, 0.05) is 50.8 Å². The van der Waals surface area contributed by atoms with Crippen molar-refractivity contribution >= 4 is 77.3 Å². The Morgan fingerprint density at radius 1 is 0.938 bits per heavy atom. The van der Waals surface area contributed by atoms with Gasteiger partial charge in [0.1, 0.15) is 30.3 Å². The Labute approximate surface area is 471 Å². The standard InChI is InChI=1S/C57H76N2O19SSi/c1-16-18-40-47(78-80(14,15)56(8,9)10)32(3)20-17-19-31(2)21-24-42(37-22-26-44-41(28-37)58-33(4)79-44)74-46(63)29-45(57(11,12)52(40)64)76-55(66)70-30-38-27-39(59(67)68)23-25-43(38)75-54-51(73-36(7)62)49(72-35(6)61)48(71-34(5)60)50(77-54)53(65)69-13/h16,21-23,25-28,32,40,42,45,47-51,54H,1,17-20,24,29-30H2,2-15H3/t32-,40+,42-,45-,47-,48-,49-,50-,51+,54+/m0/s1. The predicted molar refractivity (Wildman–Crippen MR) is 294 cm³/mol. The number of allylic oxidation sites excluding steroid dienone is 2. The summed E-state index contributed by atoms with van der Waals surface area (Å²) in [4.78, 5) is 111. The summed E-state index contributed by atoms with van der Waals surface area (Å²) >= 11 is 1.53. The number of benzene rings is 2. The number of nitro benzene ring substituents is 1. The van der Waals surface area contributed by atoms with Crippen molar-refractivity contribution in [1.29, 1.82) is 0 Å². The third-order valence-corrected chi connectivity index (χ3v) is 20.2. The van der Waals surface area contributed by atoms with E-state index in [1.54, 1.807) is 19.9 Å². The first-order valence-electron chi connectivity index (χ1n) is 26.4. The summed E-state index contributed by atoms with van der Waals surface area (Å²) in [6.07, 6.45) is -7.55. The third kappa shape index (κ3) is 16.5. The van der Waals surface area contributed by atoms with Gasteiger partial charge in [0.2, 0.25) is 12.4 Å². The van der Waals surface area contributed by atoms with E-state index in [2.05, 4.69) is 52.4 Å². The molecular weight excluding hydrogens is 1080 g/mol. The second-order valence-corrected chi connectivity index (χ2v) is 28.3. The topological polar surface area (TPSA) is 268 Å². The number of aromatic nitrogens is 1. The first kappa shape index (κ1) is 64.3. The molecule has 0 spiro atoms. The van der Waals surface area contributed by atoms with Crippen LogP contribution in [0, 0.1) is 34.3 Å². The summed E-state index contributed by atoms with van der Waals surface area (Å²) in [5.41, 5.74) is 0.136. The zero-order chi connectivity index (χ0) is 59.6. The Kier molecular flexibility index (Phi) is 21.9. The Morgan fingerprint density at radius 3 is 2.20 bits per heavy atom. The van der Waals surface area contributed by atoms with Gasteiger partial charge in [-0.2, -0.15) is 0 Å². The van der Waals surface area contributed by atoms with Crippen LogP contribution in [0.15, 0.2) is 60.7 Å². The largest absolute Gasteiger partial charge is 0.508 e. The molecule has 3 aromatic rings. The van der Waals surface area contributed by atoms with Gasteiger partial charge in [-0.1, -0.05) is 51.5 Å². The normalized spacial score (nSPS) is 25.2. The third-order valence-electron chi connectivity index (χ3n) is 14.7. The molecule has 2 aromatic carbocycles. The van der Waals surface area contributed by atoms with Gasteiger partial charge in [-0.05, 0) is 101 Å². The molecule has 3 heterocycles. The molecule has 0 N–H and O–H groups in total. The van der Waals surface area contributed by atoms with Crippen molar-refractivity contribution < 1.29 is 85.5 Å². The van der Waals surface area contributed by atoms with Gasteiger partial charge >= 0.3 is 36.0 Å². The van der Waals surface area contributed by atoms with Crippen molar-refractivity contribution in [3.05, 3.63) is 87.0 Å². The zero-order valence-electron chi connectivity index (χ0n) is 48.1. The minimum atomic E-state index is -2.56. The Hall–Kier alpha value is -6.56. The molecule has 23 heteroatoms. The summed E-state index contributed by atoms with van der Waals surface area (Å²) in [5, 5.41) is 12.8. The zero-order valence-corrected chi connectivity index (χ0v) is 49.9. The fraction of sp³-hybridized carbons (Fsp3) is 0.579.